The molecule has 28 heavy (non-hydrogen) atoms. The van der Waals surface area contributed by atoms with Gasteiger partial charge in [0.05, 0.1) is 5.56 Å². The number of carboxylic acids is 1. The monoisotopic (exact) mass is 426 g/mol. The first-order valence-corrected chi connectivity index (χ1v) is 8.65. The third kappa shape index (κ3) is 7.94. The minimum atomic E-state index is -5.07. The Labute approximate surface area is 204 Å². The largest absolute Gasteiger partial charge is 1.00 e. The summed E-state index contributed by atoms with van der Waals surface area (Å²) in [5.74, 6) is -1.28. The van der Waals surface area contributed by atoms with Crippen LogP contribution in [-0.2, 0) is 11.1 Å². The maximum atomic E-state index is 12.8. The number of nitrogens with zero attached hydrogens (tertiary/aromatic N) is 2. The normalized spacial score (nSPS) is 15.1. The molecule has 1 amide bonds. The first-order valence-electron chi connectivity index (χ1n) is 8.65. The second kappa shape index (κ2) is 9.84. The molecule has 0 unspecified atom stereocenters. The van der Waals surface area contributed by atoms with Crippen molar-refractivity contribution in [1.29, 1.82) is 0 Å². The third-order valence-electron chi connectivity index (χ3n) is 3.99. The van der Waals surface area contributed by atoms with E-state index in [0.717, 1.165) is 6.07 Å². The van der Waals surface area contributed by atoms with E-state index in [9.17, 15) is 27.6 Å². The first kappa shape index (κ1) is 25.3. The molecule has 1 saturated heterocycles. The Morgan fingerprint density at radius 1 is 1.11 bits per heavy atom. The fraction of sp³-hybridized carbons (Fsp3) is 0.529. The van der Waals surface area contributed by atoms with Crippen molar-refractivity contribution in [2.24, 2.45) is 0 Å². The van der Waals surface area contributed by atoms with Gasteiger partial charge >= 0.3 is 70.4 Å². The van der Waals surface area contributed by atoms with Crippen molar-refractivity contribution in [3.05, 3.63) is 29.3 Å². The molecule has 0 radical (unpaired) electrons. The number of hydrogen-bond acceptors (Lipinski definition) is 4. The van der Waals surface area contributed by atoms with Gasteiger partial charge in [0.15, 0.2) is 0 Å². The molecule has 1 aromatic rings. The van der Waals surface area contributed by atoms with Crippen LogP contribution in [0.25, 0.3) is 0 Å². The number of rotatable bonds is 4. The van der Waals surface area contributed by atoms with E-state index >= 15 is 0 Å². The van der Waals surface area contributed by atoms with Crippen LogP contribution in [0.3, 0.4) is 0 Å². The van der Waals surface area contributed by atoms with Crippen molar-refractivity contribution in [2.75, 3.05) is 31.1 Å². The molecule has 0 atom stereocenters. The average Bonchev–Trinajstić information content (AvgIpc) is 2.51. The van der Waals surface area contributed by atoms with Crippen LogP contribution in [0.2, 0.25) is 0 Å². The van der Waals surface area contributed by atoms with Crippen molar-refractivity contribution in [2.45, 2.75) is 32.7 Å². The van der Waals surface area contributed by atoms with Gasteiger partial charge in [-0.1, -0.05) is 11.9 Å². The number of carbonyl (C=O) groups is 2. The van der Waals surface area contributed by atoms with Gasteiger partial charge in [-0.15, -0.1) is 0 Å². The Hall–Kier alpha value is -0.749. The number of aromatic carboxylic acids is 1. The van der Waals surface area contributed by atoms with Crippen molar-refractivity contribution in [3.8, 4) is 0 Å². The molecule has 2 rings (SSSR count). The quantitative estimate of drug-likeness (QED) is 0.705. The van der Waals surface area contributed by atoms with Crippen LogP contribution in [0.4, 0.5) is 23.4 Å². The Kier molecular flexibility index (Phi) is 8.88. The fourth-order valence-electron chi connectivity index (χ4n) is 2.84. The molecule has 150 valence electrons. The predicted molar refractivity (Wildman–Crippen MR) is 96.2 cm³/mol. The summed E-state index contributed by atoms with van der Waals surface area (Å²) in [6.07, 6.45) is -1.58. The molecule has 1 aliphatic heterocycles. The van der Waals surface area contributed by atoms with Gasteiger partial charge < -0.3 is 32.6 Å². The SMILES string of the molecule is CC(C)(C)OC(=O)N1CCN(c2cc(C[B-](F)(F)F)cc(C(=O)O)c2)CC1.[K+]. The van der Waals surface area contributed by atoms with E-state index in [1.54, 1.807) is 25.7 Å². The van der Waals surface area contributed by atoms with Crippen LogP contribution >= 0.6 is 0 Å². The number of hydrogen-bond donors (Lipinski definition) is 1. The molecule has 11 heteroatoms. The van der Waals surface area contributed by atoms with Crippen LogP contribution in [-0.4, -0.2) is 60.8 Å². The number of benzene rings is 1. The number of halogens is 3. The standard InChI is InChI=1S/C17H23BF3N2O4.K/c1-17(2,3)27-16(26)23-6-4-22(5-7-23)14-9-12(11-18(19,20)21)8-13(10-14)15(24)25;/h8-10H,4-7,11H2,1-3H3,(H,24,25);/q-1;+1. The summed E-state index contributed by atoms with van der Waals surface area (Å²) in [7, 11) is 0. The Bertz CT molecular complexity index is 717. The van der Waals surface area contributed by atoms with Gasteiger partial charge in [0.25, 0.3) is 0 Å². The van der Waals surface area contributed by atoms with E-state index in [4.69, 9.17) is 4.74 Å². The summed E-state index contributed by atoms with van der Waals surface area (Å²) in [5, 5.41) is 9.19. The number of ether oxygens (including phenoxy) is 1. The maximum Gasteiger partial charge on any atom is 1.00 e. The first-order chi connectivity index (χ1) is 12.3. The van der Waals surface area contributed by atoms with Gasteiger partial charge in [-0.2, -0.15) is 0 Å². The Morgan fingerprint density at radius 3 is 2.14 bits per heavy atom. The van der Waals surface area contributed by atoms with Crippen LogP contribution in [0.5, 0.6) is 0 Å². The summed E-state index contributed by atoms with van der Waals surface area (Å²) in [6.45, 7) is 1.65. The van der Waals surface area contributed by atoms with Crippen molar-refractivity contribution in [1.82, 2.24) is 4.90 Å². The van der Waals surface area contributed by atoms with E-state index in [-0.39, 0.29) is 62.5 Å². The minimum Gasteiger partial charge on any atom is -0.478 e. The molecule has 0 bridgehead atoms. The molecule has 0 aromatic heterocycles. The van der Waals surface area contributed by atoms with E-state index in [2.05, 4.69) is 0 Å². The zero-order chi connectivity index (χ0) is 20.4. The van der Waals surface area contributed by atoms with Gasteiger partial charge in [-0.05, 0) is 39.0 Å². The van der Waals surface area contributed by atoms with Crippen molar-refractivity contribution >= 4 is 24.7 Å². The summed E-state index contributed by atoms with van der Waals surface area (Å²) in [5.41, 5.74) is -0.462. The molecule has 0 spiro atoms. The van der Waals surface area contributed by atoms with Crippen LogP contribution < -0.4 is 56.3 Å². The summed E-state index contributed by atoms with van der Waals surface area (Å²) >= 11 is 0. The van der Waals surface area contributed by atoms with Crippen molar-refractivity contribution in [3.63, 3.8) is 0 Å². The molecule has 0 aliphatic carbocycles. The molecule has 1 N–H and O–H groups in total. The molecule has 1 aliphatic rings. The zero-order valence-electron chi connectivity index (χ0n) is 16.5. The molecular formula is C17H23BF3KN2O4. The number of carbonyl (C=O) groups excluding carboxylic acids is 1. The maximum absolute atomic E-state index is 12.8. The number of piperazine rings is 1. The van der Waals surface area contributed by atoms with Crippen LogP contribution in [0.15, 0.2) is 18.2 Å². The average molecular weight is 426 g/mol. The predicted octanol–water partition coefficient (Wildman–Crippen LogP) is 0.375. The van der Waals surface area contributed by atoms with E-state index in [1.807, 2.05) is 0 Å². The van der Waals surface area contributed by atoms with Gasteiger partial charge in [-0.25, -0.2) is 9.59 Å². The summed E-state index contributed by atoms with van der Waals surface area (Å²) in [4.78, 5) is 26.7. The van der Waals surface area contributed by atoms with Gasteiger partial charge in [0, 0.05) is 31.9 Å². The molecule has 1 aromatic carbocycles. The van der Waals surface area contributed by atoms with Gasteiger partial charge in [0.1, 0.15) is 5.60 Å². The van der Waals surface area contributed by atoms with Gasteiger partial charge in [-0.3, -0.25) is 0 Å². The summed E-state index contributed by atoms with van der Waals surface area (Å²) in [6, 6.07) is 3.78. The molecule has 1 heterocycles. The summed E-state index contributed by atoms with van der Waals surface area (Å²) < 4.78 is 43.6. The molecular weight excluding hydrogens is 403 g/mol. The number of amides is 1. The van der Waals surface area contributed by atoms with Gasteiger partial charge in [0.2, 0.25) is 0 Å². The zero-order valence-corrected chi connectivity index (χ0v) is 19.7. The molecule has 1 fully saturated rings. The van der Waals surface area contributed by atoms with Crippen molar-refractivity contribution < 1.29 is 83.8 Å². The number of anilines is 1. The van der Waals surface area contributed by atoms with E-state index in [0.29, 0.717) is 31.9 Å². The minimum absolute atomic E-state index is 0. The number of carboxylic acid groups (broad SMARTS) is 1. The van der Waals surface area contributed by atoms with Crippen LogP contribution in [0, 0.1) is 0 Å². The molecule has 0 saturated carbocycles. The van der Waals surface area contributed by atoms with E-state index in [1.165, 1.54) is 17.0 Å². The Balaban J connectivity index is 0.00000392. The van der Waals surface area contributed by atoms with Crippen LogP contribution in [0.1, 0.15) is 36.7 Å². The second-order valence-corrected chi connectivity index (χ2v) is 7.56. The smallest absolute Gasteiger partial charge is 0.478 e. The third-order valence-corrected chi connectivity index (χ3v) is 3.99. The van der Waals surface area contributed by atoms with E-state index < -0.39 is 31.0 Å². The fourth-order valence-corrected chi connectivity index (χ4v) is 2.84. The Morgan fingerprint density at radius 2 is 1.68 bits per heavy atom. The second-order valence-electron chi connectivity index (χ2n) is 7.56. The topological polar surface area (TPSA) is 70.1 Å². The molecule has 6 nitrogen and oxygen atoms in total.